The van der Waals surface area contributed by atoms with Gasteiger partial charge in [0.05, 0.1) is 0 Å². The molecule has 4 heterocycles. The molecule has 0 saturated carbocycles. The van der Waals surface area contributed by atoms with Crippen molar-refractivity contribution in [3.8, 4) is 0 Å². The molecule has 2 aliphatic rings. The summed E-state index contributed by atoms with van der Waals surface area (Å²) in [5, 5.41) is 23.6. The van der Waals surface area contributed by atoms with E-state index in [1.54, 1.807) is 5.51 Å². The number of nitrogens with zero attached hydrogens (tertiary/aromatic N) is 5. The second kappa shape index (κ2) is 10.2. The molecule has 1 unspecified atom stereocenters. The van der Waals surface area contributed by atoms with Crippen molar-refractivity contribution in [2.45, 2.75) is 22.4 Å². The summed E-state index contributed by atoms with van der Waals surface area (Å²) in [6.07, 6.45) is 0. The normalized spacial score (nSPS) is 20.3. The van der Waals surface area contributed by atoms with Gasteiger partial charge in [-0.2, -0.15) is 8.78 Å². The number of rotatable bonds is 9. The van der Waals surface area contributed by atoms with E-state index in [0.29, 0.717) is 21.4 Å². The van der Waals surface area contributed by atoms with Gasteiger partial charge in [0.25, 0.3) is 11.8 Å². The van der Waals surface area contributed by atoms with Gasteiger partial charge in [0.15, 0.2) is 15.2 Å². The molecular weight excluding hydrogens is 536 g/mol. The van der Waals surface area contributed by atoms with E-state index >= 15 is 0 Å². The lowest BCUT2D eigenvalue weighted by molar-refractivity contribution is -0.150. The summed E-state index contributed by atoms with van der Waals surface area (Å²) in [5.74, 6) is -2.34. The zero-order valence-electron chi connectivity index (χ0n) is 16.6. The number of hydrogen-bond acceptors (Lipinski definition) is 13. The zero-order valence-corrected chi connectivity index (χ0v) is 19.8. The van der Waals surface area contributed by atoms with Crippen molar-refractivity contribution in [1.29, 1.82) is 0 Å². The maximum atomic E-state index is 12.8. The Labute approximate surface area is 205 Å². The first-order valence-corrected chi connectivity index (χ1v) is 12.9. The second-order valence-corrected chi connectivity index (χ2v) is 10.5. The standard InChI is InChI=1S/C16H13F2N7O5S4/c17-14(18)30-24-7(6-3-32-15(19)21-6)10(26)22-8-11(27)25-9(13(28)29)5(1-31-12(8)25)2-33-16-23-20-4-34-16/h3-4,8,12,14H,1-2H2,(H2,19,21)(H,22,26)(H,28,29)/b24-7+/t8?,12-/m1/s1. The van der Waals surface area contributed by atoms with Gasteiger partial charge in [-0.1, -0.05) is 28.3 Å². The van der Waals surface area contributed by atoms with E-state index in [0.717, 1.165) is 16.2 Å². The second-order valence-electron chi connectivity index (χ2n) is 6.49. The number of β-lactam (4-membered cyclic amide) rings is 1. The minimum Gasteiger partial charge on any atom is -0.477 e. The van der Waals surface area contributed by atoms with E-state index in [4.69, 9.17) is 5.73 Å². The third-order valence-electron chi connectivity index (χ3n) is 4.45. The number of carboxylic acid groups (broad SMARTS) is 1. The number of amides is 2. The molecule has 0 spiro atoms. The Morgan fingerprint density at radius 3 is 2.85 bits per heavy atom. The van der Waals surface area contributed by atoms with Crippen LogP contribution in [0.4, 0.5) is 13.9 Å². The first-order chi connectivity index (χ1) is 16.3. The highest BCUT2D eigenvalue weighted by molar-refractivity contribution is 8.01. The van der Waals surface area contributed by atoms with Gasteiger partial charge in [0.2, 0.25) is 0 Å². The van der Waals surface area contributed by atoms with Gasteiger partial charge in [-0.15, -0.1) is 33.3 Å². The monoisotopic (exact) mass is 549 g/mol. The van der Waals surface area contributed by atoms with E-state index in [-0.39, 0.29) is 16.5 Å². The van der Waals surface area contributed by atoms with Crippen LogP contribution in [0, 0.1) is 0 Å². The van der Waals surface area contributed by atoms with E-state index in [9.17, 15) is 28.3 Å². The first kappa shape index (κ1) is 24.3. The highest BCUT2D eigenvalue weighted by Crippen LogP contribution is 2.41. The molecule has 2 aromatic rings. The van der Waals surface area contributed by atoms with Crippen molar-refractivity contribution in [2.24, 2.45) is 5.16 Å². The summed E-state index contributed by atoms with van der Waals surface area (Å²) in [4.78, 5) is 46.3. The van der Waals surface area contributed by atoms with Crippen LogP contribution in [-0.4, -0.2) is 78.2 Å². The predicted molar refractivity (Wildman–Crippen MR) is 120 cm³/mol. The fourth-order valence-corrected chi connectivity index (χ4v) is 6.59. The van der Waals surface area contributed by atoms with Crippen molar-refractivity contribution in [3.05, 3.63) is 27.9 Å². The maximum Gasteiger partial charge on any atom is 0.407 e. The van der Waals surface area contributed by atoms with Crippen molar-refractivity contribution < 1.29 is 33.1 Å². The number of carboxylic acids is 1. The molecule has 18 heteroatoms. The number of nitrogen functional groups attached to an aromatic ring is 1. The summed E-state index contributed by atoms with van der Waals surface area (Å²) < 4.78 is 25.6. The number of carbonyl (C=O) groups is 3. The summed E-state index contributed by atoms with van der Waals surface area (Å²) in [6.45, 7) is -3.28. The SMILES string of the molecule is Nc1nc(/C(=N\OC(F)F)C(=O)NC2C(=O)N3C(C(=O)O)=C(CSc4nncs4)CS[C@H]23)cs1. The number of halogens is 2. The molecule has 1 saturated heterocycles. The van der Waals surface area contributed by atoms with Gasteiger partial charge >= 0.3 is 12.6 Å². The molecule has 0 bridgehead atoms. The number of hydrogen-bond donors (Lipinski definition) is 3. The summed E-state index contributed by atoms with van der Waals surface area (Å²) in [6, 6.07) is -1.10. The van der Waals surface area contributed by atoms with Crippen molar-refractivity contribution in [2.75, 3.05) is 17.2 Å². The van der Waals surface area contributed by atoms with Crippen LogP contribution in [0.5, 0.6) is 0 Å². The number of nitrogens with two attached hydrogens (primary N) is 1. The molecule has 2 aromatic heterocycles. The number of alkyl halides is 2. The van der Waals surface area contributed by atoms with E-state index < -0.39 is 41.5 Å². The first-order valence-electron chi connectivity index (χ1n) is 9.09. The molecule has 0 aromatic carbocycles. The zero-order chi connectivity index (χ0) is 24.4. The maximum absolute atomic E-state index is 12.8. The number of aliphatic carboxylic acids is 1. The van der Waals surface area contributed by atoms with Gasteiger partial charge in [0.1, 0.15) is 28.3 Å². The molecule has 4 rings (SSSR count). The number of thiazole rings is 1. The molecule has 2 atom stereocenters. The Balaban J connectivity index is 1.50. The van der Waals surface area contributed by atoms with Gasteiger partial charge < -0.3 is 21.0 Å². The highest BCUT2D eigenvalue weighted by Gasteiger charge is 2.54. The summed E-state index contributed by atoms with van der Waals surface area (Å²) in [7, 11) is 0. The Kier molecular flexibility index (Phi) is 7.29. The number of aromatic nitrogens is 3. The molecule has 34 heavy (non-hydrogen) atoms. The quantitative estimate of drug-likeness (QED) is 0.177. The lowest BCUT2D eigenvalue weighted by Crippen LogP contribution is -2.71. The third kappa shape index (κ3) is 4.98. The largest absolute Gasteiger partial charge is 0.477 e. The van der Waals surface area contributed by atoms with Gasteiger partial charge in [-0.3, -0.25) is 14.5 Å². The minimum atomic E-state index is -3.28. The average molecular weight is 550 g/mol. The van der Waals surface area contributed by atoms with Crippen LogP contribution in [-0.2, 0) is 19.2 Å². The highest BCUT2D eigenvalue weighted by atomic mass is 32.2. The van der Waals surface area contributed by atoms with Crippen molar-refractivity contribution in [3.63, 3.8) is 0 Å². The molecular formula is C16H13F2N7O5S4. The number of fused-ring (bicyclic) bond motifs is 1. The molecule has 0 radical (unpaired) electrons. The molecule has 2 amide bonds. The Morgan fingerprint density at radius 2 is 2.24 bits per heavy atom. The fraction of sp³-hybridized carbons (Fsp3) is 0.312. The van der Waals surface area contributed by atoms with Crippen molar-refractivity contribution >= 4 is 74.8 Å². The number of thioether (sulfide) groups is 2. The van der Waals surface area contributed by atoms with Crippen LogP contribution in [0.2, 0.25) is 0 Å². The van der Waals surface area contributed by atoms with Gasteiger partial charge in [0, 0.05) is 16.9 Å². The van der Waals surface area contributed by atoms with Crippen LogP contribution in [0.1, 0.15) is 5.69 Å². The van der Waals surface area contributed by atoms with Crippen LogP contribution in [0.15, 0.2) is 31.7 Å². The average Bonchev–Trinajstić information content (AvgIpc) is 3.47. The lowest BCUT2D eigenvalue weighted by atomic mass is 10.0. The Morgan fingerprint density at radius 1 is 1.44 bits per heavy atom. The molecule has 1 fully saturated rings. The van der Waals surface area contributed by atoms with E-state index in [1.165, 1.54) is 40.2 Å². The van der Waals surface area contributed by atoms with Crippen LogP contribution >= 0.6 is 46.2 Å². The fourth-order valence-electron chi connectivity index (χ4n) is 3.07. The van der Waals surface area contributed by atoms with E-state index in [2.05, 4.69) is 30.5 Å². The topological polar surface area (TPSA) is 173 Å². The number of carbonyl (C=O) groups excluding carboxylic acids is 2. The number of anilines is 1. The molecule has 0 aliphatic carbocycles. The van der Waals surface area contributed by atoms with Crippen LogP contribution in [0.25, 0.3) is 0 Å². The van der Waals surface area contributed by atoms with Gasteiger partial charge in [-0.05, 0) is 5.57 Å². The van der Waals surface area contributed by atoms with Gasteiger partial charge in [-0.25, -0.2) is 9.78 Å². The van der Waals surface area contributed by atoms with Crippen molar-refractivity contribution in [1.82, 2.24) is 25.4 Å². The van der Waals surface area contributed by atoms with Crippen LogP contribution < -0.4 is 11.1 Å². The van der Waals surface area contributed by atoms with E-state index in [1.807, 2.05) is 0 Å². The molecule has 2 aliphatic heterocycles. The summed E-state index contributed by atoms with van der Waals surface area (Å²) in [5.41, 5.74) is 6.75. The Hall–Kier alpha value is -2.83. The lowest BCUT2D eigenvalue weighted by Gasteiger charge is -2.49. The minimum absolute atomic E-state index is 0.0662. The predicted octanol–water partition coefficient (Wildman–Crippen LogP) is 1.05. The summed E-state index contributed by atoms with van der Waals surface area (Å²) >= 11 is 4.82. The molecule has 12 nitrogen and oxygen atoms in total. The number of nitrogens with one attached hydrogen (secondary N) is 1. The Bertz CT molecular complexity index is 1170. The van der Waals surface area contributed by atoms with Crippen LogP contribution in [0.3, 0.4) is 0 Å². The molecule has 4 N–H and O–H groups in total. The molecule has 180 valence electrons. The third-order valence-corrected chi connectivity index (χ3v) is 8.41. The smallest absolute Gasteiger partial charge is 0.407 e. The number of oxime groups is 1.